The van der Waals surface area contributed by atoms with Gasteiger partial charge < -0.3 is 16.4 Å². The summed E-state index contributed by atoms with van der Waals surface area (Å²) in [5.41, 5.74) is 5.25. The summed E-state index contributed by atoms with van der Waals surface area (Å²) in [6.45, 7) is 7.06. The predicted molar refractivity (Wildman–Crippen MR) is 65.3 cm³/mol. The van der Waals surface area contributed by atoms with Gasteiger partial charge in [-0.1, -0.05) is 6.92 Å². The van der Waals surface area contributed by atoms with E-state index in [0.29, 0.717) is 19.6 Å². The first kappa shape index (κ1) is 13.9. The molecule has 0 radical (unpaired) electrons. The molecule has 6 heteroatoms. The summed E-state index contributed by atoms with van der Waals surface area (Å²) in [4.78, 5) is 24.9. The Morgan fingerprint density at radius 3 is 2.88 bits per heavy atom. The third kappa shape index (κ3) is 3.98. The lowest BCUT2D eigenvalue weighted by molar-refractivity contribution is -0.129. The zero-order chi connectivity index (χ0) is 12.8. The van der Waals surface area contributed by atoms with Crippen molar-refractivity contribution in [1.29, 1.82) is 0 Å². The molecule has 0 saturated carbocycles. The van der Waals surface area contributed by atoms with Gasteiger partial charge in [-0.2, -0.15) is 0 Å². The van der Waals surface area contributed by atoms with Crippen LogP contribution in [0.4, 0.5) is 0 Å². The second-order valence-electron chi connectivity index (χ2n) is 4.41. The SMILES string of the molecule is CCNC(=O)C1CNCCN1CC(C)C(N)=O. The molecule has 1 fully saturated rings. The number of carbonyl (C=O) groups excluding carboxylic acids is 2. The first-order valence-electron chi connectivity index (χ1n) is 6.08. The number of likely N-dealkylation sites (N-methyl/N-ethyl adjacent to an activating group) is 1. The smallest absolute Gasteiger partial charge is 0.238 e. The van der Waals surface area contributed by atoms with Crippen molar-refractivity contribution in [2.75, 3.05) is 32.7 Å². The van der Waals surface area contributed by atoms with Gasteiger partial charge in [-0.15, -0.1) is 0 Å². The first-order valence-corrected chi connectivity index (χ1v) is 6.08. The van der Waals surface area contributed by atoms with E-state index in [-0.39, 0.29) is 23.8 Å². The molecule has 2 amide bonds. The highest BCUT2D eigenvalue weighted by Gasteiger charge is 2.29. The van der Waals surface area contributed by atoms with Crippen molar-refractivity contribution in [1.82, 2.24) is 15.5 Å². The molecular weight excluding hydrogens is 220 g/mol. The highest BCUT2D eigenvalue weighted by Crippen LogP contribution is 2.07. The molecule has 0 aliphatic carbocycles. The van der Waals surface area contributed by atoms with Crippen LogP contribution in [0.25, 0.3) is 0 Å². The van der Waals surface area contributed by atoms with Crippen molar-refractivity contribution in [3.8, 4) is 0 Å². The van der Waals surface area contributed by atoms with Crippen LogP contribution in [0.1, 0.15) is 13.8 Å². The fourth-order valence-corrected chi connectivity index (χ4v) is 1.96. The van der Waals surface area contributed by atoms with Gasteiger partial charge in [0.15, 0.2) is 0 Å². The number of nitrogens with two attached hydrogens (primary N) is 1. The average Bonchev–Trinajstić information content (AvgIpc) is 2.29. The van der Waals surface area contributed by atoms with Gasteiger partial charge in [0.05, 0.1) is 0 Å². The monoisotopic (exact) mass is 242 g/mol. The van der Waals surface area contributed by atoms with Crippen LogP contribution in [-0.4, -0.2) is 55.5 Å². The number of carbonyl (C=O) groups is 2. The maximum atomic E-state index is 11.9. The van der Waals surface area contributed by atoms with Gasteiger partial charge in [-0.25, -0.2) is 0 Å². The van der Waals surface area contributed by atoms with E-state index in [1.165, 1.54) is 0 Å². The number of hydrogen-bond donors (Lipinski definition) is 3. The van der Waals surface area contributed by atoms with E-state index in [1.807, 2.05) is 11.8 Å². The Kier molecular flexibility index (Phi) is 5.37. The topological polar surface area (TPSA) is 87.5 Å². The van der Waals surface area contributed by atoms with Crippen LogP contribution in [-0.2, 0) is 9.59 Å². The number of rotatable bonds is 5. The number of piperazine rings is 1. The zero-order valence-corrected chi connectivity index (χ0v) is 10.5. The van der Waals surface area contributed by atoms with E-state index < -0.39 is 0 Å². The molecule has 1 saturated heterocycles. The number of amides is 2. The van der Waals surface area contributed by atoms with Crippen LogP contribution in [0, 0.1) is 5.92 Å². The van der Waals surface area contributed by atoms with Crippen molar-refractivity contribution >= 4 is 11.8 Å². The number of nitrogens with zero attached hydrogens (tertiary/aromatic N) is 1. The van der Waals surface area contributed by atoms with Gasteiger partial charge in [0, 0.05) is 38.6 Å². The molecule has 0 bridgehead atoms. The van der Waals surface area contributed by atoms with Crippen molar-refractivity contribution < 1.29 is 9.59 Å². The predicted octanol–water partition coefficient (Wildman–Crippen LogP) is -1.48. The summed E-state index contributed by atoms with van der Waals surface area (Å²) in [5.74, 6) is -0.542. The summed E-state index contributed by atoms with van der Waals surface area (Å²) in [5, 5.41) is 6.00. The molecule has 2 atom stereocenters. The third-order valence-corrected chi connectivity index (χ3v) is 3.00. The minimum atomic E-state index is -0.321. The normalized spacial score (nSPS) is 23.1. The molecule has 2 unspecified atom stereocenters. The third-order valence-electron chi connectivity index (χ3n) is 3.00. The van der Waals surface area contributed by atoms with Gasteiger partial charge in [-0.05, 0) is 6.92 Å². The second kappa shape index (κ2) is 6.56. The van der Waals surface area contributed by atoms with E-state index >= 15 is 0 Å². The Hall–Kier alpha value is -1.14. The number of primary amides is 1. The van der Waals surface area contributed by atoms with Crippen molar-refractivity contribution in [3.63, 3.8) is 0 Å². The van der Waals surface area contributed by atoms with Crippen LogP contribution in [0.5, 0.6) is 0 Å². The Bertz CT molecular complexity index is 283. The molecule has 1 heterocycles. The quantitative estimate of drug-likeness (QED) is 0.548. The van der Waals surface area contributed by atoms with Gasteiger partial charge >= 0.3 is 0 Å². The molecule has 98 valence electrons. The molecule has 4 N–H and O–H groups in total. The Morgan fingerprint density at radius 2 is 2.29 bits per heavy atom. The van der Waals surface area contributed by atoms with E-state index in [0.717, 1.165) is 13.1 Å². The number of hydrogen-bond acceptors (Lipinski definition) is 4. The lowest BCUT2D eigenvalue weighted by atomic mass is 10.1. The van der Waals surface area contributed by atoms with Gasteiger partial charge in [0.25, 0.3) is 0 Å². The summed E-state index contributed by atoms with van der Waals surface area (Å²) >= 11 is 0. The molecule has 1 aliphatic rings. The molecule has 17 heavy (non-hydrogen) atoms. The molecule has 0 spiro atoms. The molecule has 1 rings (SSSR count). The Labute approximate surface area is 102 Å². The number of nitrogens with one attached hydrogen (secondary N) is 2. The summed E-state index contributed by atoms with van der Waals surface area (Å²) in [6, 6.07) is -0.203. The Balaban J connectivity index is 2.59. The van der Waals surface area contributed by atoms with Crippen molar-refractivity contribution in [2.24, 2.45) is 11.7 Å². The van der Waals surface area contributed by atoms with Crippen LogP contribution >= 0.6 is 0 Å². The fraction of sp³-hybridized carbons (Fsp3) is 0.818. The molecule has 0 aromatic heterocycles. The second-order valence-corrected chi connectivity index (χ2v) is 4.41. The fourth-order valence-electron chi connectivity index (χ4n) is 1.96. The lowest BCUT2D eigenvalue weighted by Gasteiger charge is -2.36. The minimum absolute atomic E-state index is 0.0105. The van der Waals surface area contributed by atoms with E-state index in [1.54, 1.807) is 6.92 Å². The highest BCUT2D eigenvalue weighted by atomic mass is 16.2. The van der Waals surface area contributed by atoms with Crippen LogP contribution in [0.2, 0.25) is 0 Å². The van der Waals surface area contributed by atoms with E-state index in [4.69, 9.17) is 5.73 Å². The van der Waals surface area contributed by atoms with Crippen molar-refractivity contribution in [3.05, 3.63) is 0 Å². The van der Waals surface area contributed by atoms with Gasteiger partial charge in [0.1, 0.15) is 6.04 Å². The maximum Gasteiger partial charge on any atom is 0.238 e. The maximum absolute atomic E-state index is 11.9. The summed E-state index contributed by atoms with van der Waals surface area (Å²) in [6.07, 6.45) is 0. The first-order chi connectivity index (χ1) is 8.06. The van der Waals surface area contributed by atoms with Crippen LogP contribution in [0.15, 0.2) is 0 Å². The standard InChI is InChI=1S/C11H22N4O2/c1-3-14-11(17)9-6-13-4-5-15(9)7-8(2)10(12)16/h8-9,13H,3-7H2,1-2H3,(H2,12,16)(H,14,17). The molecule has 6 nitrogen and oxygen atoms in total. The van der Waals surface area contributed by atoms with E-state index in [9.17, 15) is 9.59 Å². The van der Waals surface area contributed by atoms with Gasteiger partial charge in [0.2, 0.25) is 11.8 Å². The lowest BCUT2D eigenvalue weighted by Crippen LogP contribution is -2.59. The molecule has 0 aromatic carbocycles. The molecular formula is C11H22N4O2. The average molecular weight is 242 g/mol. The largest absolute Gasteiger partial charge is 0.369 e. The van der Waals surface area contributed by atoms with Crippen LogP contribution in [0.3, 0.4) is 0 Å². The zero-order valence-electron chi connectivity index (χ0n) is 10.5. The minimum Gasteiger partial charge on any atom is -0.369 e. The summed E-state index contributed by atoms with van der Waals surface area (Å²) < 4.78 is 0. The Morgan fingerprint density at radius 1 is 1.59 bits per heavy atom. The van der Waals surface area contributed by atoms with Crippen LogP contribution < -0.4 is 16.4 Å². The van der Waals surface area contributed by atoms with E-state index in [2.05, 4.69) is 10.6 Å². The van der Waals surface area contributed by atoms with Gasteiger partial charge in [-0.3, -0.25) is 14.5 Å². The summed E-state index contributed by atoms with van der Waals surface area (Å²) in [7, 11) is 0. The molecule has 1 aliphatic heterocycles. The highest BCUT2D eigenvalue weighted by molar-refractivity contribution is 5.82. The molecule has 0 aromatic rings. The van der Waals surface area contributed by atoms with Crippen molar-refractivity contribution in [2.45, 2.75) is 19.9 Å².